The minimum atomic E-state index is -0.715. The predicted octanol–water partition coefficient (Wildman–Crippen LogP) is 1.08. The maximum atomic E-state index is 5.56. The molecule has 2 aliphatic rings. The number of methoxy groups -OCH3 is 3. The van der Waals surface area contributed by atoms with Crippen LogP contribution < -0.4 is 0 Å². The molecule has 0 bridgehead atoms. The monoisotopic (exact) mass is 260 g/mol. The molecule has 1 saturated heterocycles. The van der Waals surface area contributed by atoms with Crippen molar-refractivity contribution in [1.29, 1.82) is 0 Å². The lowest BCUT2D eigenvalue weighted by atomic mass is 9.88. The van der Waals surface area contributed by atoms with Crippen molar-refractivity contribution in [3.8, 4) is 0 Å². The Kier molecular flexibility index (Phi) is 4.60. The maximum absolute atomic E-state index is 5.56. The van der Waals surface area contributed by atoms with E-state index in [0.29, 0.717) is 12.2 Å². The highest BCUT2D eigenvalue weighted by atomic mass is 28.2. The molecule has 5 heteroatoms. The van der Waals surface area contributed by atoms with Gasteiger partial charge < -0.3 is 18.9 Å². The molecule has 4 nitrogen and oxygen atoms in total. The van der Waals surface area contributed by atoms with Crippen LogP contribution in [0.1, 0.15) is 25.7 Å². The average Bonchev–Trinajstić information content (AvgIpc) is 3.14. The molecule has 0 N–H and O–H groups in total. The van der Waals surface area contributed by atoms with Crippen LogP contribution >= 0.6 is 0 Å². The number of epoxide rings is 1. The van der Waals surface area contributed by atoms with E-state index in [2.05, 4.69) is 0 Å². The third kappa shape index (κ3) is 3.29. The third-order valence-electron chi connectivity index (χ3n) is 4.14. The van der Waals surface area contributed by atoms with Crippen LogP contribution in [0, 0.1) is 5.92 Å². The first-order valence-corrected chi connectivity index (χ1v) is 8.24. The van der Waals surface area contributed by atoms with E-state index < -0.39 is 15.1 Å². The maximum Gasteiger partial charge on any atom is 0.248 e. The van der Waals surface area contributed by atoms with Gasteiger partial charge in [-0.15, -0.1) is 0 Å². The second-order valence-corrected chi connectivity index (χ2v) is 7.15. The van der Waals surface area contributed by atoms with Crippen LogP contribution in [0.5, 0.6) is 0 Å². The first-order chi connectivity index (χ1) is 8.23. The zero-order chi connectivity index (χ0) is 12.3. The van der Waals surface area contributed by atoms with Crippen molar-refractivity contribution in [3.05, 3.63) is 0 Å². The van der Waals surface area contributed by atoms with Crippen molar-refractivity contribution in [2.45, 2.75) is 49.5 Å². The number of hydrogen-bond donors (Lipinski definition) is 0. The summed E-state index contributed by atoms with van der Waals surface area (Å²) in [6, 6.07) is 1.21. The zero-order valence-corrected chi connectivity index (χ0v) is 12.5. The number of ether oxygens (including phenoxy) is 4. The Morgan fingerprint density at radius 3 is 2.41 bits per heavy atom. The van der Waals surface area contributed by atoms with Crippen LogP contribution in [0.4, 0.5) is 0 Å². The molecule has 1 saturated carbocycles. The Bertz CT molecular complexity index is 236. The summed E-state index contributed by atoms with van der Waals surface area (Å²) in [6.45, 7) is 0. The van der Waals surface area contributed by atoms with Gasteiger partial charge in [0.15, 0.2) is 0 Å². The summed E-state index contributed by atoms with van der Waals surface area (Å²) in [7, 11) is 4.43. The normalized spacial score (nSPS) is 33.0. The molecule has 1 aliphatic carbocycles. The van der Waals surface area contributed by atoms with E-state index in [1.165, 1.54) is 31.7 Å². The molecule has 100 valence electrons. The van der Waals surface area contributed by atoms with Gasteiger partial charge >= 0.3 is 0 Å². The van der Waals surface area contributed by atoms with Crippen molar-refractivity contribution >= 4 is 9.52 Å². The van der Waals surface area contributed by atoms with Gasteiger partial charge in [-0.1, -0.05) is 12.5 Å². The lowest BCUT2D eigenvalue weighted by Crippen LogP contribution is -2.42. The van der Waals surface area contributed by atoms with Crippen molar-refractivity contribution in [2.75, 3.05) is 21.3 Å². The van der Waals surface area contributed by atoms with E-state index in [4.69, 9.17) is 18.9 Å². The molecule has 0 aromatic rings. The highest BCUT2D eigenvalue weighted by Crippen LogP contribution is 2.41. The van der Waals surface area contributed by atoms with E-state index >= 15 is 0 Å². The Labute approximate surface area is 106 Å². The van der Waals surface area contributed by atoms with Crippen LogP contribution in [0.3, 0.4) is 0 Å². The van der Waals surface area contributed by atoms with E-state index in [1.807, 2.05) is 0 Å². The molecule has 2 rings (SSSR count). The van der Waals surface area contributed by atoms with Crippen molar-refractivity contribution < 1.29 is 18.9 Å². The lowest BCUT2D eigenvalue weighted by Gasteiger charge is -2.29. The molecule has 0 radical (unpaired) electrons. The van der Waals surface area contributed by atoms with Gasteiger partial charge in [0.1, 0.15) is 9.52 Å². The molecule has 0 spiro atoms. The second-order valence-electron chi connectivity index (χ2n) is 5.08. The van der Waals surface area contributed by atoms with E-state index in [1.54, 1.807) is 21.3 Å². The zero-order valence-electron chi connectivity index (χ0n) is 11.1. The SMILES string of the molecule is COC(OC)(OC)[SiH2]CCC1CCC2OC2C1. The van der Waals surface area contributed by atoms with Gasteiger partial charge in [-0.25, -0.2) is 0 Å². The van der Waals surface area contributed by atoms with E-state index in [9.17, 15) is 0 Å². The first kappa shape index (κ1) is 13.5. The quantitative estimate of drug-likeness (QED) is 0.390. The number of rotatable bonds is 7. The smallest absolute Gasteiger partial charge is 0.248 e. The number of hydrogen-bond acceptors (Lipinski definition) is 4. The molecule has 0 amide bonds. The Morgan fingerprint density at radius 2 is 1.82 bits per heavy atom. The molecular formula is C12H24O4Si. The molecule has 0 aromatic carbocycles. The van der Waals surface area contributed by atoms with Gasteiger partial charge in [0.2, 0.25) is 5.60 Å². The van der Waals surface area contributed by atoms with Gasteiger partial charge in [-0.3, -0.25) is 0 Å². The number of fused-ring (bicyclic) bond motifs is 1. The molecule has 3 atom stereocenters. The Hall–Kier alpha value is 0.0569. The van der Waals surface area contributed by atoms with Gasteiger partial charge in [-0.2, -0.15) is 0 Å². The van der Waals surface area contributed by atoms with Crippen molar-refractivity contribution in [3.63, 3.8) is 0 Å². The molecule has 17 heavy (non-hydrogen) atoms. The van der Waals surface area contributed by atoms with Crippen molar-refractivity contribution in [2.24, 2.45) is 5.92 Å². The summed E-state index contributed by atoms with van der Waals surface area (Å²) in [5.41, 5.74) is -0.715. The largest absolute Gasteiger partial charge is 0.370 e. The fourth-order valence-electron chi connectivity index (χ4n) is 2.91. The fraction of sp³-hybridized carbons (Fsp3) is 1.00. The summed E-state index contributed by atoms with van der Waals surface area (Å²) in [4.78, 5) is 0. The average molecular weight is 260 g/mol. The Balaban J connectivity index is 1.67. The van der Waals surface area contributed by atoms with Crippen LogP contribution in [0.15, 0.2) is 0 Å². The minimum absolute atomic E-state index is 0.537. The fourth-order valence-corrected chi connectivity index (χ4v) is 4.74. The van der Waals surface area contributed by atoms with Crippen LogP contribution in [-0.2, 0) is 18.9 Å². The molecule has 0 aromatic heterocycles. The molecule has 1 aliphatic heterocycles. The molecule has 3 unspecified atom stereocenters. The van der Waals surface area contributed by atoms with Crippen molar-refractivity contribution in [1.82, 2.24) is 0 Å². The van der Waals surface area contributed by atoms with Gasteiger partial charge in [-0.05, 0) is 25.2 Å². The topological polar surface area (TPSA) is 40.2 Å². The van der Waals surface area contributed by atoms with Crippen LogP contribution in [0.25, 0.3) is 0 Å². The summed E-state index contributed by atoms with van der Waals surface area (Å²) >= 11 is 0. The standard InChI is InChI=1S/C12H24O4Si/c1-13-12(14-2,15-3)17-7-6-9-4-5-10-11(8-9)16-10/h9-11H,4-8,17H2,1-3H3. The molecular weight excluding hydrogens is 236 g/mol. The van der Waals surface area contributed by atoms with E-state index in [0.717, 1.165) is 5.92 Å². The van der Waals surface area contributed by atoms with Crippen LogP contribution in [0.2, 0.25) is 6.04 Å². The van der Waals surface area contributed by atoms with Gasteiger partial charge in [0, 0.05) is 21.3 Å². The third-order valence-corrected chi connectivity index (χ3v) is 6.38. The summed E-state index contributed by atoms with van der Waals surface area (Å²) < 4.78 is 21.6. The highest BCUT2D eigenvalue weighted by molar-refractivity contribution is 6.38. The summed E-state index contributed by atoms with van der Waals surface area (Å²) in [6.07, 6.45) is 6.33. The second kappa shape index (κ2) is 5.80. The van der Waals surface area contributed by atoms with Gasteiger partial charge in [0.25, 0.3) is 0 Å². The lowest BCUT2D eigenvalue weighted by molar-refractivity contribution is -0.294. The van der Waals surface area contributed by atoms with E-state index in [-0.39, 0.29) is 0 Å². The Morgan fingerprint density at radius 1 is 1.12 bits per heavy atom. The van der Waals surface area contributed by atoms with Crippen LogP contribution in [-0.4, -0.2) is 48.7 Å². The minimum Gasteiger partial charge on any atom is -0.370 e. The summed E-state index contributed by atoms with van der Waals surface area (Å²) in [5, 5.41) is 0. The predicted molar refractivity (Wildman–Crippen MR) is 67.7 cm³/mol. The highest BCUT2D eigenvalue weighted by Gasteiger charge is 2.43. The molecule has 2 fully saturated rings. The van der Waals surface area contributed by atoms with Gasteiger partial charge in [0.05, 0.1) is 12.2 Å². The first-order valence-electron chi connectivity index (χ1n) is 6.54. The molecule has 1 heterocycles. The summed E-state index contributed by atoms with van der Waals surface area (Å²) in [5.74, 6) is 0.842.